The van der Waals surface area contributed by atoms with Gasteiger partial charge in [0.05, 0.1) is 0 Å². The summed E-state index contributed by atoms with van der Waals surface area (Å²) in [6.07, 6.45) is 3.59. The Kier molecular flexibility index (Phi) is 6.85. The highest BCUT2D eigenvalue weighted by molar-refractivity contribution is 7.80. The minimum atomic E-state index is -0.272. The van der Waals surface area contributed by atoms with Crippen LogP contribution in [0, 0.1) is 18.8 Å². The first kappa shape index (κ1) is 18.5. The quantitative estimate of drug-likeness (QED) is 0.576. The fraction of sp³-hybridized carbons (Fsp3) is 0.556. The molecule has 0 unspecified atom stereocenters. The molecule has 24 heavy (non-hydrogen) atoms. The Hall–Kier alpha value is -1.82. The number of hydrazine groups is 1. The highest BCUT2D eigenvalue weighted by Crippen LogP contribution is 2.29. The van der Waals surface area contributed by atoms with Crippen LogP contribution in [-0.4, -0.2) is 23.7 Å². The van der Waals surface area contributed by atoms with Crippen molar-refractivity contribution in [3.8, 4) is 5.75 Å². The van der Waals surface area contributed by atoms with Crippen molar-refractivity contribution in [3.63, 3.8) is 0 Å². The molecule has 0 spiro atoms. The number of benzene rings is 1. The van der Waals surface area contributed by atoms with Crippen molar-refractivity contribution in [2.75, 3.05) is 6.61 Å². The van der Waals surface area contributed by atoms with E-state index in [0.29, 0.717) is 28.7 Å². The third-order valence-corrected chi connectivity index (χ3v) is 4.92. The molecular weight excluding hydrogens is 322 g/mol. The molecule has 6 heteroatoms. The number of thiocarbonyl (C=S) groups is 1. The van der Waals surface area contributed by atoms with E-state index in [1.165, 1.54) is 12.8 Å². The normalized spacial score (nSPS) is 23.2. The predicted molar refractivity (Wildman–Crippen MR) is 99.7 cm³/mol. The van der Waals surface area contributed by atoms with Crippen molar-refractivity contribution < 1.29 is 9.53 Å². The lowest BCUT2D eigenvalue weighted by Gasteiger charge is -2.35. The van der Waals surface area contributed by atoms with Crippen LogP contribution in [0.4, 0.5) is 0 Å². The molecule has 1 saturated carbocycles. The second-order valence-electron chi connectivity index (χ2n) is 6.63. The SMILES string of the molecule is Cc1cccc(OCC(=O)NNC(=S)N[C@H]2CCC[C@@H](C)[C@@H]2C)c1. The van der Waals surface area contributed by atoms with Gasteiger partial charge in [0.1, 0.15) is 5.75 Å². The van der Waals surface area contributed by atoms with Crippen LogP contribution in [0.5, 0.6) is 5.75 Å². The van der Waals surface area contributed by atoms with Crippen LogP contribution in [0.2, 0.25) is 0 Å². The van der Waals surface area contributed by atoms with E-state index in [9.17, 15) is 4.79 Å². The third-order valence-electron chi connectivity index (χ3n) is 4.70. The van der Waals surface area contributed by atoms with E-state index in [4.69, 9.17) is 17.0 Å². The van der Waals surface area contributed by atoms with E-state index in [-0.39, 0.29) is 12.5 Å². The number of carbonyl (C=O) groups is 1. The summed E-state index contributed by atoms with van der Waals surface area (Å²) in [7, 11) is 0. The Bertz CT molecular complexity index is 579. The summed E-state index contributed by atoms with van der Waals surface area (Å²) in [5.41, 5.74) is 6.41. The van der Waals surface area contributed by atoms with Gasteiger partial charge in [-0.15, -0.1) is 0 Å². The standard InChI is InChI=1S/C18H27N3O2S/c1-12-6-4-8-15(10-12)23-11-17(22)20-21-18(24)19-16-9-5-7-13(2)14(16)3/h4,6,8,10,13-14,16H,5,7,9,11H2,1-3H3,(H,20,22)(H2,19,21,24)/t13-,14+,16+/m1/s1. The first-order chi connectivity index (χ1) is 11.5. The Morgan fingerprint density at radius 2 is 2.08 bits per heavy atom. The molecule has 0 saturated heterocycles. The van der Waals surface area contributed by atoms with Crippen LogP contribution in [0.1, 0.15) is 38.7 Å². The summed E-state index contributed by atoms with van der Waals surface area (Å²) in [5, 5.41) is 3.75. The Morgan fingerprint density at radius 3 is 2.83 bits per heavy atom. The maximum atomic E-state index is 11.8. The molecule has 0 aromatic heterocycles. The van der Waals surface area contributed by atoms with Crippen LogP contribution < -0.4 is 20.9 Å². The second kappa shape index (κ2) is 8.87. The lowest BCUT2D eigenvalue weighted by molar-refractivity contribution is -0.123. The molecule has 132 valence electrons. The summed E-state index contributed by atoms with van der Waals surface area (Å²) in [6, 6.07) is 7.94. The molecule has 1 fully saturated rings. The first-order valence-electron chi connectivity index (χ1n) is 8.50. The molecule has 0 heterocycles. The number of rotatable bonds is 4. The number of aryl methyl sites for hydroxylation is 1. The lowest BCUT2D eigenvalue weighted by atomic mass is 9.78. The third kappa shape index (κ3) is 5.67. The smallest absolute Gasteiger partial charge is 0.276 e. The van der Waals surface area contributed by atoms with E-state index in [1.807, 2.05) is 31.2 Å². The van der Waals surface area contributed by atoms with Crippen LogP contribution in [0.3, 0.4) is 0 Å². The maximum absolute atomic E-state index is 11.8. The average Bonchev–Trinajstić information content (AvgIpc) is 2.55. The number of ether oxygens (including phenoxy) is 1. The molecule has 5 nitrogen and oxygen atoms in total. The number of nitrogens with one attached hydrogen (secondary N) is 3. The fourth-order valence-corrected chi connectivity index (χ4v) is 3.21. The number of carbonyl (C=O) groups excluding carboxylic acids is 1. The monoisotopic (exact) mass is 349 g/mol. The Labute approximate surface area is 149 Å². The molecule has 1 aromatic rings. The summed E-state index contributed by atoms with van der Waals surface area (Å²) < 4.78 is 5.45. The van der Waals surface area contributed by atoms with Crippen molar-refractivity contribution in [1.29, 1.82) is 0 Å². The Morgan fingerprint density at radius 1 is 1.29 bits per heavy atom. The van der Waals surface area contributed by atoms with Gasteiger partial charge in [-0.05, 0) is 55.1 Å². The van der Waals surface area contributed by atoms with Crippen molar-refractivity contribution in [2.45, 2.75) is 46.1 Å². The van der Waals surface area contributed by atoms with E-state index in [0.717, 1.165) is 12.0 Å². The molecule has 0 radical (unpaired) electrons. The van der Waals surface area contributed by atoms with Gasteiger partial charge in [0, 0.05) is 6.04 Å². The summed E-state index contributed by atoms with van der Waals surface area (Å²) in [4.78, 5) is 11.8. The van der Waals surface area contributed by atoms with Crippen LogP contribution in [0.15, 0.2) is 24.3 Å². The summed E-state index contributed by atoms with van der Waals surface area (Å²) in [5.74, 6) is 1.66. The van der Waals surface area contributed by atoms with Crippen molar-refractivity contribution in [3.05, 3.63) is 29.8 Å². The molecule has 1 aromatic carbocycles. The molecule has 3 atom stereocenters. The largest absolute Gasteiger partial charge is 0.484 e. The van der Waals surface area contributed by atoms with Crippen LogP contribution in [0.25, 0.3) is 0 Å². The minimum absolute atomic E-state index is 0.0596. The van der Waals surface area contributed by atoms with E-state index in [2.05, 4.69) is 30.0 Å². The minimum Gasteiger partial charge on any atom is -0.484 e. The van der Waals surface area contributed by atoms with E-state index >= 15 is 0 Å². The predicted octanol–water partition coefficient (Wildman–Crippen LogP) is 2.69. The molecule has 1 amide bonds. The van der Waals surface area contributed by atoms with Gasteiger partial charge in [-0.2, -0.15) is 0 Å². The van der Waals surface area contributed by atoms with Gasteiger partial charge in [0.25, 0.3) is 5.91 Å². The van der Waals surface area contributed by atoms with Crippen LogP contribution in [-0.2, 0) is 4.79 Å². The highest BCUT2D eigenvalue weighted by atomic mass is 32.1. The summed E-state index contributed by atoms with van der Waals surface area (Å²) >= 11 is 5.26. The van der Waals surface area contributed by atoms with E-state index < -0.39 is 0 Å². The fourth-order valence-electron chi connectivity index (χ4n) is 3.01. The molecule has 1 aliphatic rings. The zero-order valence-corrected chi connectivity index (χ0v) is 15.4. The molecule has 1 aliphatic carbocycles. The lowest BCUT2D eigenvalue weighted by Crippen LogP contribution is -2.53. The number of hydrogen-bond donors (Lipinski definition) is 3. The van der Waals surface area contributed by atoms with Gasteiger partial charge in [-0.25, -0.2) is 0 Å². The molecule has 0 bridgehead atoms. The van der Waals surface area contributed by atoms with Gasteiger partial charge in [-0.1, -0.05) is 38.8 Å². The second-order valence-corrected chi connectivity index (χ2v) is 7.03. The molecular formula is C18H27N3O2S. The Balaban J connectivity index is 1.68. The van der Waals surface area contributed by atoms with Gasteiger partial charge in [0.15, 0.2) is 11.7 Å². The topological polar surface area (TPSA) is 62.4 Å². The first-order valence-corrected chi connectivity index (χ1v) is 8.91. The number of hydrogen-bond acceptors (Lipinski definition) is 3. The van der Waals surface area contributed by atoms with Crippen molar-refractivity contribution in [2.24, 2.45) is 11.8 Å². The van der Waals surface area contributed by atoms with Gasteiger partial charge < -0.3 is 10.1 Å². The van der Waals surface area contributed by atoms with Crippen molar-refractivity contribution >= 4 is 23.2 Å². The average molecular weight is 350 g/mol. The van der Waals surface area contributed by atoms with Crippen LogP contribution >= 0.6 is 12.2 Å². The van der Waals surface area contributed by atoms with Gasteiger partial charge in [-0.3, -0.25) is 15.6 Å². The zero-order chi connectivity index (χ0) is 17.5. The molecule has 0 aliphatic heterocycles. The zero-order valence-electron chi connectivity index (χ0n) is 14.6. The molecule has 3 N–H and O–H groups in total. The summed E-state index contributed by atoms with van der Waals surface area (Å²) in [6.45, 7) is 6.44. The van der Waals surface area contributed by atoms with E-state index in [1.54, 1.807) is 0 Å². The van der Waals surface area contributed by atoms with Gasteiger partial charge in [0.2, 0.25) is 0 Å². The van der Waals surface area contributed by atoms with Gasteiger partial charge >= 0.3 is 0 Å². The number of amides is 1. The maximum Gasteiger partial charge on any atom is 0.276 e. The van der Waals surface area contributed by atoms with Crippen molar-refractivity contribution in [1.82, 2.24) is 16.2 Å². The highest BCUT2D eigenvalue weighted by Gasteiger charge is 2.27. The molecule has 2 rings (SSSR count).